The van der Waals surface area contributed by atoms with Crippen LogP contribution >= 0.6 is 0 Å². The topological polar surface area (TPSA) is 45.5 Å². The smallest absolute Gasteiger partial charge is 0.289 e. The molecule has 1 aromatic heterocycles. The lowest BCUT2D eigenvalue weighted by molar-refractivity contribution is 0.0622. The summed E-state index contributed by atoms with van der Waals surface area (Å²) in [5.41, 5.74) is 0. The van der Waals surface area contributed by atoms with E-state index in [1.165, 1.54) is 0 Å². The minimum absolute atomic E-state index is 0.00269. The second-order valence-electron chi connectivity index (χ2n) is 3.96. The van der Waals surface area contributed by atoms with Crippen LogP contribution in [0.2, 0.25) is 0 Å². The average Bonchev–Trinajstić information content (AvgIpc) is 2.65. The van der Waals surface area contributed by atoms with Crippen molar-refractivity contribution in [3.63, 3.8) is 0 Å². The highest BCUT2D eigenvalue weighted by atomic mass is 16.3. The number of amides is 1. The van der Waals surface area contributed by atoms with E-state index < -0.39 is 0 Å². The predicted molar refractivity (Wildman–Crippen MR) is 56.8 cm³/mol. The zero-order chi connectivity index (χ0) is 10.8. The first-order valence-electron chi connectivity index (χ1n) is 5.26. The lowest BCUT2D eigenvalue weighted by Gasteiger charge is -2.33. The molecule has 1 saturated heterocycles. The molecular weight excluding hydrogens is 192 g/mol. The van der Waals surface area contributed by atoms with Gasteiger partial charge in [-0.3, -0.25) is 4.79 Å². The van der Waals surface area contributed by atoms with Crippen molar-refractivity contribution in [1.82, 2.24) is 10.2 Å². The number of rotatable bonds is 1. The van der Waals surface area contributed by atoms with Crippen LogP contribution in [0, 0.1) is 6.92 Å². The Morgan fingerprint density at radius 2 is 2.40 bits per heavy atom. The van der Waals surface area contributed by atoms with Crippen LogP contribution in [0.5, 0.6) is 0 Å². The zero-order valence-electron chi connectivity index (χ0n) is 9.12. The minimum atomic E-state index is -0.00269. The molecule has 0 spiro atoms. The van der Waals surface area contributed by atoms with Crippen molar-refractivity contribution in [2.24, 2.45) is 0 Å². The number of piperazine rings is 1. The zero-order valence-corrected chi connectivity index (χ0v) is 9.12. The summed E-state index contributed by atoms with van der Waals surface area (Å²) in [6.45, 7) is 6.35. The van der Waals surface area contributed by atoms with Crippen LogP contribution in [0.15, 0.2) is 16.5 Å². The molecule has 4 heteroatoms. The molecule has 0 radical (unpaired) electrons. The maximum atomic E-state index is 12.0. The Labute approximate surface area is 89.2 Å². The maximum Gasteiger partial charge on any atom is 0.289 e. The Morgan fingerprint density at radius 1 is 1.60 bits per heavy atom. The third-order valence-electron chi connectivity index (χ3n) is 2.71. The van der Waals surface area contributed by atoms with Gasteiger partial charge in [0.2, 0.25) is 0 Å². The Kier molecular flexibility index (Phi) is 2.77. The van der Waals surface area contributed by atoms with Crippen LogP contribution in [-0.2, 0) is 0 Å². The minimum Gasteiger partial charge on any atom is -0.456 e. The van der Waals surface area contributed by atoms with Gasteiger partial charge in [0.1, 0.15) is 5.76 Å². The molecule has 1 aromatic rings. The molecule has 2 heterocycles. The molecule has 1 aliphatic heterocycles. The molecule has 2 rings (SSSR count). The first-order chi connectivity index (χ1) is 7.18. The summed E-state index contributed by atoms with van der Waals surface area (Å²) in [5.74, 6) is 1.22. The van der Waals surface area contributed by atoms with Crippen molar-refractivity contribution >= 4 is 5.91 Å². The van der Waals surface area contributed by atoms with Crippen molar-refractivity contribution in [2.45, 2.75) is 19.9 Å². The lowest BCUT2D eigenvalue weighted by Crippen LogP contribution is -2.52. The van der Waals surface area contributed by atoms with E-state index in [-0.39, 0.29) is 11.9 Å². The van der Waals surface area contributed by atoms with Gasteiger partial charge in [-0.05, 0) is 26.0 Å². The fourth-order valence-corrected chi connectivity index (χ4v) is 1.83. The second-order valence-corrected chi connectivity index (χ2v) is 3.96. The van der Waals surface area contributed by atoms with Crippen LogP contribution in [0.3, 0.4) is 0 Å². The van der Waals surface area contributed by atoms with Gasteiger partial charge >= 0.3 is 0 Å². The fourth-order valence-electron chi connectivity index (χ4n) is 1.83. The van der Waals surface area contributed by atoms with Gasteiger partial charge in [-0.15, -0.1) is 0 Å². The quantitative estimate of drug-likeness (QED) is 0.749. The molecule has 1 fully saturated rings. The highest BCUT2D eigenvalue weighted by Gasteiger charge is 2.25. The summed E-state index contributed by atoms with van der Waals surface area (Å²) >= 11 is 0. The third-order valence-corrected chi connectivity index (χ3v) is 2.71. The van der Waals surface area contributed by atoms with E-state index in [0.717, 1.165) is 25.4 Å². The summed E-state index contributed by atoms with van der Waals surface area (Å²) in [6, 6.07) is 3.80. The fraction of sp³-hybridized carbons (Fsp3) is 0.545. The number of carbonyl (C=O) groups excluding carboxylic acids is 1. The van der Waals surface area contributed by atoms with Gasteiger partial charge in [0, 0.05) is 25.7 Å². The van der Waals surface area contributed by atoms with Crippen LogP contribution in [0.4, 0.5) is 0 Å². The molecule has 0 bridgehead atoms. The number of aryl methyl sites for hydroxylation is 1. The van der Waals surface area contributed by atoms with E-state index in [2.05, 4.69) is 5.32 Å². The highest BCUT2D eigenvalue weighted by molar-refractivity contribution is 5.91. The highest BCUT2D eigenvalue weighted by Crippen LogP contribution is 2.12. The van der Waals surface area contributed by atoms with E-state index in [1.54, 1.807) is 6.07 Å². The van der Waals surface area contributed by atoms with E-state index in [1.807, 2.05) is 24.8 Å². The summed E-state index contributed by atoms with van der Waals surface area (Å²) in [7, 11) is 0. The molecule has 1 N–H and O–H groups in total. The number of furan rings is 1. The summed E-state index contributed by atoms with van der Waals surface area (Å²) in [6.07, 6.45) is 0. The van der Waals surface area contributed by atoms with E-state index >= 15 is 0 Å². The molecule has 1 atom stereocenters. The van der Waals surface area contributed by atoms with Gasteiger partial charge in [0.25, 0.3) is 5.91 Å². The monoisotopic (exact) mass is 208 g/mol. The molecular formula is C11H16N2O2. The number of nitrogens with one attached hydrogen (secondary N) is 1. The number of hydrogen-bond acceptors (Lipinski definition) is 3. The standard InChI is InChI=1S/C11H16N2O2/c1-8-7-12-5-6-13(8)11(14)10-4-3-9(2)15-10/h3-4,8,12H,5-7H2,1-2H3/t8-/m0/s1. The van der Waals surface area contributed by atoms with Crippen LogP contribution < -0.4 is 5.32 Å². The van der Waals surface area contributed by atoms with Gasteiger partial charge in [-0.2, -0.15) is 0 Å². The SMILES string of the molecule is Cc1ccc(C(=O)N2CCNC[C@@H]2C)o1. The van der Waals surface area contributed by atoms with Gasteiger partial charge < -0.3 is 14.6 Å². The number of nitrogens with zero attached hydrogens (tertiary/aromatic N) is 1. The van der Waals surface area contributed by atoms with Crippen molar-refractivity contribution in [3.8, 4) is 0 Å². The van der Waals surface area contributed by atoms with E-state index in [9.17, 15) is 4.79 Å². The molecule has 0 saturated carbocycles. The van der Waals surface area contributed by atoms with Gasteiger partial charge in [0.15, 0.2) is 5.76 Å². The van der Waals surface area contributed by atoms with Gasteiger partial charge in [-0.25, -0.2) is 0 Å². The van der Waals surface area contributed by atoms with Gasteiger partial charge in [0.05, 0.1) is 0 Å². The molecule has 82 valence electrons. The molecule has 0 aromatic carbocycles. The first-order valence-corrected chi connectivity index (χ1v) is 5.26. The molecule has 15 heavy (non-hydrogen) atoms. The summed E-state index contributed by atoms with van der Waals surface area (Å²) in [5, 5.41) is 3.25. The lowest BCUT2D eigenvalue weighted by atomic mass is 10.2. The van der Waals surface area contributed by atoms with Crippen molar-refractivity contribution in [3.05, 3.63) is 23.7 Å². The molecule has 1 amide bonds. The van der Waals surface area contributed by atoms with Crippen LogP contribution in [0.25, 0.3) is 0 Å². The number of carbonyl (C=O) groups is 1. The number of hydrogen-bond donors (Lipinski definition) is 1. The van der Waals surface area contributed by atoms with Gasteiger partial charge in [-0.1, -0.05) is 0 Å². The van der Waals surface area contributed by atoms with Crippen LogP contribution in [0.1, 0.15) is 23.2 Å². The largest absolute Gasteiger partial charge is 0.456 e. The molecule has 0 aliphatic carbocycles. The molecule has 4 nitrogen and oxygen atoms in total. The van der Waals surface area contributed by atoms with E-state index in [0.29, 0.717) is 5.76 Å². The maximum absolute atomic E-state index is 12.0. The second kappa shape index (κ2) is 4.06. The Balaban J connectivity index is 2.13. The third kappa shape index (κ3) is 2.04. The summed E-state index contributed by atoms with van der Waals surface area (Å²) in [4.78, 5) is 13.9. The van der Waals surface area contributed by atoms with Crippen molar-refractivity contribution < 1.29 is 9.21 Å². The Hall–Kier alpha value is -1.29. The molecule has 1 aliphatic rings. The Bertz CT molecular complexity index is 359. The normalized spacial score (nSPS) is 21.7. The average molecular weight is 208 g/mol. The van der Waals surface area contributed by atoms with Crippen LogP contribution in [-0.4, -0.2) is 36.5 Å². The first kappa shape index (κ1) is 10.2. The van der Waals surface area contributed by atoms with Crippen molar-refractivity contribution in [1.29, 1.82) is 0 Å². The van der Waals surface area contributed by atoms with Crippen molar-refractivity contribution in [2.75, 3.05) is 19.6 Å². The van der Waals surface area contributed by atoms with E-state index in [4.69, 9.17) is 4.42 Å². The molecule has 0 unspecified atom stereocenters. The Morgan fingerprint density at radius 3 is 3.00 bits per heavy atom. The predicted octanol–water partition coefficient (Wildman–Crippen LogP) is 1.02. The summed E-state index contributed by atoms with van der Waals surface area (Å²) < 4.78 is 5.34.